The Kier molecular flexibility index (Phi) is 10.1. The van der Waals surface area contributed by atoms with Crippen LogP contribution in [0.3, 0.4) is 0 Å². The third-order valence-electron chi connectivity index (χ3n) is 3.84. The minimum absolute atomic E-state index is 0.320. The quantitative estimate of drug-likeness (QED) is 0.581. The van der Waals surface area contributed by atoms with Crippen molar-refractivity contribution >= 4 is 0 Å². The molecule has 1 unspecified atom stereocenters. The molecular weight excluding hydrogens is 260 g/mol. The van der Waals surface area contributed by atoms with Crippen LogP contribution < -0.4 is 5.32 Å². The average molecular weight is 292 g/mol. The fraction of sp³-hybridized carbons (Fsp3) is 0.667. The summed E-state index contributed by atoms with van der Waals surface area (Å²) in [6.45, 7) is 5.83. The molecule has 0 heterocycles. The van der Waals surface area contributed by atoms with Gasteiger partial charge in [-0.2, -0.15) is 0 Å². The molecule has 3 nitrogen and oxygen atoms in total. The largest absolute Gasteiger partial charge is 0.396 e. The highest BCUT2D eigenvalue weighted by molar-refractivity contribution is 5.18. The van der Waals surface area contributed by atoms with Gasteiger partial charge in [-0.3, -0.25) is 0 Å². The zero-order valence-electron chi connectivity index (χ0n) is 13.7. The standard InChI is InChI=1S/C18H32N2O/c1-3-13-19-18(17-10-6-4-7-11-17)12-15-20(2)14-8-5-9-16-21/h4,6-7,10-11,18-19,21H,3,5,8-9,12-16H2,1-2H3. The van der Waals surface area contributed by atoms with Crippen LogP contribution in [0.1, 0.15) is 50.6 Å². The van der Waals surface area contributed by atoms with E-state index >= 15 is 0 Å². The van der Waals surface area contributed by atoms with E-state index in [1.165, 1.54) is 18.4 Å². The zero-order chi connectivity index (χ0) is 15.3. The lowest BCUT2D eigenvalue weighted by molar-refractivity contribution is 0.268. The van der Waals surface area contributed by atoms with Gasteiger partial charge in [0.1, 0.15) is 0 Å². The third-order valence-corrected chi connectivity index (χ3v) is 3.84. The second-order valence-corrected chi connectivity index (χ2v) is 5.79. The number of aliphatic hydroxyl groups excluding tert-OH is 1. The van der Waals surface area contributed by atoms with Crippen molar-refractivity contribution in [3.05, 3.63) is 35.9 Å². The SMILES string of the molecule is CCCNC(CCN(C)CCCCCO)c1ccccc1. The monoisotopic (exact) mass is 292 g/mol. The predicted molar refractivity (Wildman–Crippen MR) is 90.5 cm³/mol. The van der Waals surface area contributed by atoms with E-state index in [4.69, 9.17) is 5.11 Å². The molecule has 1 aromatic rings. The van der Waals surface area contributed by atoms with Crippen molar-refractivity contribution in [2.75, 3.05) is 33.3 Å². The fourth-order valence-electron chi connectivity index (χ4n) is 2.52. The lowest BCUT2D eigenvalue weighted by Crippen LogP contribution is -2.28. The predicted octanol–water partition coefficient (Wildman–Crippen LogP) is 3.21. The Morgan fingerprint density at radius 3 is 2.52 bits per heavy atom. The Morgan fingerprint density at radius 1 is 1.10 bits per heavy atom. The Hall–Kier alpha value is -0.900. The Bertz CT molecular complexity index is 342. The molecule has 0 saturated carbocycles. The lowest BCUT2D eigenvalue weighted by Gasteiger charge is -2.23. The van der Waals surface area contributed by atoms with Crippen molar-refractivity contribution in [2.45, 2.75) is 45.1 Å². The molecule has 0 amide bonds. The average Bonchev–Trinajstić information content (AvgIpc) is 2.52. The van der Waals surface area contributed by atoms with E-state index in [2.05, 4.69) is 54.5 Å². The van der Waals surface area contributed by atoms with E-state index in [9.17, 15) is 0 Å². The molecule has 0 bridgehead atoms. The molecular formula is C18H32N2O. The van der Waals surface area contributed by atoms with Crippen LogP contribution in [0, 0.1) is 0 Å². The maximum Gasteiger partial charge on any atom is 0.0431 e. The van der Waals surface area contributed by atoms with Crippen molar-refractivity contribution in [1.82, 2.24) is 10.2 Å². The van der Waals surface area contributed by atoms with Crippen molar-refractivity contribution in [3.8, 4) is 0 Å². The summed E-state index contributed by atoms with van der Waals surface area (Å²) in [5.41, 5.74) is 1.39. The zero-order valence-corrected chi connectivity index (χ0v) is 13.7. The van der Waals surface area contributed by atoms with Crippen molar-refractivity contribution in [2.24, 2.45) is 0 Å². The first kappa shape index (κ1) is 18.1. The van der Waals surface area contributed by atoms with Crippen molar-refractivity contribution in [1.29, 1.82) is 0 Å². The molecule has 1 atom stereocenters. The highest BCUT2D eigenvalue weighted by Gasteiger charge is 2.11. The number of benzene rings is 1. The number of nitrogens with zero attached hydrogens (tertiary/aromatic N) is 1. The van der Waals surface area contributed by atoms with Crippen molar-refractivity contribution < 1.29 is 5.11 Å². The topological polar surface area (TPSA) is 35.5 Å². The van der Waals surface area contributed by atoms with Crippen LogP contribution >= 0.6 is 0 Å². The molecule has 21 heavy (non-hydrogen) atoms. The lowest BCUT2D eigenvalue weighted by atomic mass is 10.0. The van der Waals surface area contributed by atoms with E-state index in [-0.39, 0.29) is 0 Å². The Morgan fingerprint density at radius 2 is 1.86 bits per heavy atom. The fourth-order valence-corrected chi connectivity index (χ4v) is 2.52. The summed E-state index contributed by atoms with van der Waals surface area (Å²) >= 11 is 0. The summed E-state index contributed by atoms with van der Waals surface area (Å²) < 4.78 is 0. The Labute approximate surface area is 130 Å². The minimum atomic E-state index is 0.320. The van der Waals surface area contributed by atoms with Gasteiger partial charge in [0.2, 0.25) is 0 Å². The van der Waals surface area contributed by atoms with Crippen LogP contribution in [0.5, 0.6) is 0 Å². The number of aliphatic hydroxyl groups is 1. The van der Waals surface area contributed by atoms with Crippen LogP contribution in [-0.2, 0) is 0 Å². The molecule has 0 radical (unpaired) electrons. The van der Waals surface area contributed by atoms with E-state index in [1.807, 2.05) is 0 Å². The Balaban J connectivity index is 2.35. The smallest absolute Gasteiger partial charge is 0.0431 e. The first-order valence-corrected chi connectivity index (χ1v) is 8.35. The summed E-state index contributed by atoms with van der Waals surface area (Å²) in [4.78, 5) is 2.40. The highest BCUT2D eigenvalue weighted by atomic mass is 16.2. The molecule has 0 aliphatic rings. The van der Waals surface area contributed by atoms with Gasteiger partial charge < -0.3 is 15.3 Å². The number of rotatable bonds is 12. The van der Waals surface area contributed by atoms with Crippen LogP contribution in [0.4, 0.5) is 0 Å². The second-order valence-electron chi connectivity index (χ2n) is 5.79. The first-order chi connectivity index (χ1) is 10.3. The molecule has 0 spiro atoms. The molecule has 0 aromatic heterocycles. The van der Waals surface area contributed by atoms with Crippen LogP contribution in [0.15, 0.2) is 30.3 Å². The molecule has 0 aliphatic carbocycles. The van der Waals surface area contributed by atoms with E-state index in [0.29, 0.717) is 12.6 Å². The first-order valence-electron chi connectivity index (χ1n) is 8.35. The van der Waals surface area contributed by atoms with Gasteiger partial charge >= 0.3 is 0 Å². The summed E-state index contributed by atoms with van der Waals surface area (Å²) in [7, 11) is 2.20. The molecule has 0 fully saturated rings. The van der Waals surface area contributed by atoms with Crippen LogP contribution in [0.25, 0.3) is 0 Å². The van der Waals surface area contributed by atoms with Gasteiger partial charge in [0.05, 0.1) is 0 Å². The second kappa shape index (κ2) is 11.7. The maximum atomic E-state index is 8.79. The van der Waals surface area contributed by atoms with Gasteiger partial charge in [-0.15, -0.1) is 0 Å². The molecule has 0 saturated heterocycles. The number of hydrogen-bond donors (Lipinski definition) is 2. The summed E-state index contributed by atoms with van der Waals surface area (Å²) in [5, 5.41) is 12.5. The molecule has 1 aromatic carbocycles. The van der Waals surface area contributed by atoms with Gasteiger partial charge in [0.15, 0.2) is 0 Å². The van der Waals surface area contributed by atoms with Crippen LogP contribution in [-0.4, -0.2) is 43.3 Å². The van der Waals surface area contributed by atoms with Gasteiger partial charge in [-0.1, -0.05) is 37.3 Å². The van der Waals surface area contributed by atoms with E-state index < -0.39 is 0 Å². The van der Waals surface area contributed by atoms with Gasteiger partial charge in [0.25, 0.3) is 0 Å². The summed E-state index contributed by atoms with van der Waals surface area (Å²) in [6, 6.07) is 11.2. The molecule has 120 valence electrons. The van der Waals surface area contributed by atoms with E-state index in [0.717, 1.165) is 38.9 Å². The van der Waals surface area contributed by atoms with E-state index in [1.54, 1.807) is 0 Å². The van der Waals surface area contributed by atoms with Crippen molar-refractivity contribution in [3.63, 3.8) is 0 Å². The third kappa shape index (κ3) is 8.20. The normalized spacial score (nSPS) is 12.8. The molecule has 2 N–H and O–H groups in total. The molecule has 1 rings (SSSR count). The molecule has 3 heteroatoms. The summed E-state index contributed by atoms with van der Waals surface area (Å²) in [6.07, 6.45) is 5.53. The van der Waals surface area contributed by atoms with Gasteiger partial charge in [0, 0.05) is 12.6 Å². The van der Waals surface area contributed by atoms with Gasteiger partial charge in [-0.05, 0) is 64.3 Å². The van der Waals surface area contributed by atoms with Crippen LogP contribution in [0.2, 0.25) is 0 Å². The summed E-state index contributed by atoms with van der Waals surface area (Å²) in [5.74, 6) is 0. The molecule has 0 aliphatic heterocycles. The van der Waals surface area contributed by atoms with Gasteiger partial charge in [-0.25, -0.2) is 0 Å². The number of unbranched alkanes of at least 4 members (excludes halogenated alkanes) is 2. The minimum Gasteiger partial charge on any atom is -0.396 e. The number of nitrogens with one attached hydrogen (secondary N) is 1. The number of hydrogen-bond acceptors (Lipinski definition) is 3. The maximum absolute atomic E-state index is 8.79. The highest BCUT2D eigenvalue weighted by Crippen LogP contribution is 2.17.